The minimum atomic E-state index is -4.36. The Morgan fingerprint density at radius 1 is 1.20 bits per heavy atom. The van der Waals surface area contributed by atoms with Crippen LogP contribution in [0, 0.1) is 0 Å². The first-order chi connectivity index (χ1) is 9.41. The van der Waals surface area contributed by atoms with Crippen LogP contribution < -0.4 is 0 Å². The van der Waals surface area contributed by atoms with E-state index in [0.717, 1.165) is 12.1 Å². The van der Waals surface area contributed by atoms with Gasteiger partial charge in [-0.15, -0.1) is 0 Å². The molecule has 0 spiro atoms. The van der Waals surface area contributed by atoms with Crippen molar-refractivity contribution in [3.8, 4) is 0 Å². The Morgan fingerprint density at radius 2 is 1.85 bits per heavy atom. The molecular weight excluding hydrogens is 269 g/mol. The number of ketones is 1. The monoisotopic (exact) mass is 282 g/mol. The first-order valence-corrected chi connectivity index (χ1v) is 6.13. The molecule has 0 fully saturated rings. The number of benzene rings is 1. The van der Waals surface area contributed by atoms with E-state index in [1.807, 2.05) is 6.92 Å². The highest BCUT2D eigenvalue weighted by Crippen LogP contribution is 2.29. The number of aryl methyl sites for hydroxylation is 1. The van der Waals surface area contributed by atoms with Crippen LogP contribution in [-0.4, -0.2) is 15.6 Å². The molecule has 0 saturated carbocycles. The molecule has 0 bridgehead atoms. The standard InChI is InChI=1S/C14H13F3N2O/c1-2-19-12(7-8-18-19)13(20)9-10-3-5-11(6-4-10)14(15,16)17/h3-8H,2,9H2,1H3. The second-order valence-corrected chi connectivity index (χ2v) is 4.33. The summed E-state index contributed by atoms with van der Waals surface area (Å²) in [5, 5.41) is 3.99. The van der Waals surface area contributed by atoms with E-state index in [2.05, 4.69) is 5.10 Å². The van der Waals surface area contributed by atoms with Gasteiger partial charge >= 0.3 is 6.18 Å². The number of halogens is 3. The van der Waals surface area contributed by atoms with E-state index in [0.29, 0.717) is 17.8 Å². The summed E-state index contributed by atoms with van der Waals surface area (Å²) in [4.78, 5) is 12.1. The number of carbonyl (C=O) groups is 1. The Kier molecular flexibility index (Phi) is 3.92. The zero-order chi connectivity index (χ0) is 14.8. The van der Waals surface area contributed by atoms with Crippen molar-refractivity contribution in [3.63, 3.8) is 0 Å². The molecule has 0 aliphatic rings. The van der Waals surface area contributed by atoms with E-state index >= 15 is 0 Å². The molecule has 0 aliphatic carbocycles. The minimum Gasteiger partial charge on any atom is -0.292 e. The molecule has 6 heteroatoms. The predicted molar refractivity (Wildman–Crippen MR) is 67.4 cm³/mol. The number of alkyl halides is 3. The fraction of sp³-hybridized carbons (Fsp3) is 0.286. The largest absolute Gasteiger partial charge is 0.416 e. The summed E-state index contributed by atoms with van der Waals surface area (Å²) < 4.78 is 38.8. The van der Waals surface area contributed by atoms with Gasteiger partial charge in [-0.25, -0.2) is 0 Å². The zero-order valence-electron chi connectivity index (χ0n) is 10.8. The third-order valence-electron chi connectivity index (χ3n) is 2.95. The quantitative estimate of drug-likeness (QED) is 0.806. The molecule has 0 saturated heterocycles. The van der Waals surface area contributed by atoms with E-state index in [1.54, 1.807) is 10.7 Å². The second kappa shape index (κ2) is 5.48. The van der Waals surface area contributed by atoms with Gasteiger partial charge < -0.3 is 0 Å². The van der Waals surface area contributed by atoms with Gasteiger partial charge in [-0.3, -0.25) is 9.48 Å². The molecule has 106 valence electrons. The van der Waals surface area contributed by atoms with Crippen molar-refractivity contribution in [2.24, 2.45) is 0 Å². The Labute approximate surface area is 114 Å². The highest BCUT2D eigenvalue weighted by molar-refractivity contribution is 5.95. The summed E-state index contributed by atoms with van der Waals surface area (Å²) in [6, 6.07) is 6.23. The molecule has 1 aromatic carbocycles. The number of hydrogen-bond acceptors (Lipinski definition) is 2. The first-order valence-electron chi connectivity index (χ1n) is 6.13. The fourth-order valence-electron chi connectivity index (χ4n) is 1.91. The molecule has 0 aliphatic heterocycles. The lowest BCUT2D eigenvalue weighted by atomic mass is 10.0. The molecule has 2 rings (SSSR count). The predicted octanol–water partition coefficient (Wildman–Crippen LogP) is 3.35. The SMILES string of the molecule is CCn1nccc1C(=O)Cc1ccc(C(F)(F)F)cc1. The summed E-state index contributed by atoms with van der Waals surface area (Å²) in [7, 11) is 0. The van der Waals surface area contributed by atoms with Crippen molar-refractivity contribution < 1.29 is 18.0 Å². The second-order valence-electron chi connectivity index (χ2n) is 4.33. The van der Waals surface area contributed by atoms with Gasteiger partial charge in [-0.2, -0.15) is 18.3 Å². The lowest BCUT2D eigenvalue weighted by Crippen LogP contribution is -2.12. The van der Waals surface area contributed by atoms with E-state index in [4.69, 9.17) is 0 Å². The van der Waals surface area contributed by atoms with Crippen molar-refractivity contribution in [1.29, 1.82) is 0 Å². The van der Waals surface area contributed by atoms with Crippen molar-refractivity contribution in [2.75, 3.05) is 0 Å². The van der Waals surface area contributed by atoms with Crippen LogP contribution in [0.15, 0.2) is 36.5 Å². The Balaban J connectivity index is 2.13. The Hall–Kier alpha value is -2.11. The summed E-state index contributed by atoms with van der Waals surface area (Å²) in [6.45, 7) is 2.43. The molecule has 3 nitrogen and oxygen atoms in total. The molecule has 0 amide bonds. The lowest BCUT2D eigenvalue weighted by molar-refractivity contribution is -0.137. The van der Waals surface area contributed by atoms with Gasteiger partial charge in [-0.1, -0.05) is 12.1 Å². The van der Waals surface area contributed by atoms with Crippen LogP contribution in [0.4, 0.5) is 13.2 Å². The maximum absolute atomic E-state index is 12.4. The normalized spacial score (nSPS) is 11.6. The molecule has 0 atom stereocenters. The summed E-state index contributed by atoms with van der Waals surface area (Å²) in [5.41, 5.74) is 0.298. The van der Waals surface area contributed by atoms with Crippen molar-refractivity contribution >= 4 is 5.78 Å². The highest BCUT2D eigenvalue weighted by Gasteiger charge is 2.30. The summed E-state index contributed by atoms with van der Waals surface area (Å²) >= 11 is 0. The number of aromatic nitrogens is 2. The van der Waals surface area contributed by atoms with Crippen LogP contribution in [0.1, 0.15) is 28.5 Å². The van der Waals surface area contributed by atoms with Gasteiger partial charge in [0.15, 0.2) is 5.78 Å². The first kappa shape index (κ1) is 14.3. The molecule has 20 heavy (non-hydrogen) atoms. The maximum Gasteiger partial charge on any atom is 0.416 e. The third-order valence-corrected chi connectivity index (χ3v) is 2.95. The third kappa shape index (κ3) is 3.07. The lowest BCUT2D eigenvalue weighted by Gasteiger charge is -2.08. The molecule has 1 heterocycles. The van der Waals surface area contributed by atoms with E-state index in [9.17, 15) is 18.0 Å². The molecule has 2 aromatic rings. The number of nitrogens with zero attached hydrogens (tertiary/aromatic N) is 2. The highest BCUT2D eigenvalue weighted by atomic mass is 19.4. The Bertz CT molecular complexity index is 600. The fourth-order valence-corrected chi connectivity index (χ4v) is 1.91. The smallest absolute Gasteiger partial charge is 0.292 e. The average molecular weight is 282 g/mol. The van der Waals surface area contributed by atoms with Crippen molar-refractivity contribution in [3.05, 3.63) is 53.3 Å². The molecule has 0 unspecified atom stereocenters. The summed E-state index contributed by atoms with van der Waals surface area (Å²) in [5.74, 6) is -0.163. The molecular formula is C14H13F3N2O. The number of hydrogen-bond donors (Lipinski definition) is 0. The number of Topliss-reactive ketones (excluding diaryl/α,β-unsaturated/α-hetero) is 1. The summed E-state index contributed by atoms with van der Waals surface area (Å²) in [6.07, 6.45) is -2.77. The van der Waals surface area contributed by atoms with E-state index in [-0.39, 0.29) is 12.2 Å². The van der Waals surface area contributed by atoms with E-state index in [1.165, 1.54) is 18.3 Å². The molecule has 0 N–H and O–H groups in total. The number of carbonyl (C=O) groups excluding carboxylic acids is 1. The van der Waals surface area contributed by atoms with Crippen LogP contribution in [0.2, 0.25) is 0 Å². The van der Waals surface area contributed by atoms with Gasteiger partial charge in [0.1, 0.15) is 5.69 Å². The molecule has 0 radical (unpaired) electrons. The van der Waals surface area contributed by atoms with Crippen LogP contribution in [0.3, 0.4) is 0 Å². The number of rotatable bonds is 4. The van der Waals surface area contributed by atoms with Crippen molar-refractivity contribution in [1.82, 2.24) is 9.78 Å². The van der Waals surface area contributed by atoms with Crippen molar-refractivity contribution in [2.45, 2.75) is 26.1 Å². The Morgan fingerprint density at radius 3 is 2.40 bits per heavy atom. The van der Waals surface area contributed by atoms with E-state index < -0.39 is 11.7 Å². The topological polar surface area (TPSA) is 34.9 Å². The van der Waals surface area contributed by atoms with Gasteiger partial charge in [0.2, 0.25) is 0 Å². The van der Waals surface area contributed by atoms with Gasteiger partial charge in [0, 0.05) is 19.2 Å². The zero-order valence-corrected chi connectivity index (χ0v) is 10.8. The van der Waals surface area contributed by atoms with Crippen LogP contribution >= 0.6 is 0 Å². The average Bonchev–Trinajstić information content (AvgIpc) is 2.86. The van der Waals surface area contributed by atoms with Crippen LogP contribution in [-0.2, 0) is 19.1 Å². The van der Waals surface area contributed by atoms with Gasteiger partial charge in [0.25, 0.3) is 0 Å². The minimum absolute atomic E-state index is 0.0594. The van der Waals surface area contributed by atoms with Gasteiger partial charge in [0.05, 0.1) is 5.56 Å². The maximum atomic E-state index is 12.4. The van der Waals surface area contributed by atoms with Crippen LogP contribution in [0.25, 0.3) is 0 Å². The van der Waals surface area contributed by atoms with Crippen LogP contribution in [0.5, 0.6) is 0 Å². The molecule has 1 aromatic heterocycles. The van der Waals surface area contributed by atoms with Gasteiger partial charge in [-0.05, 0) is 30.7 Å².